The molecule has 0 aromatic carbocycles. The van der Waals surface area contributed by atoms with Crippen LogP contribution in [-0.2, 0) is 0 Å². The molecule has 0 unspecified atom stereocenters. The molecule has 0 amide bonds. The van der Waals surface area contributed by atoms with Gasteiger partial charge in [-0.3, -0.25) is 0 Å². The summed E-state index contributed by atoms with van der Waals surface area (Å²) in [6, 6.07) is 0. The molecule has 1 N–H and O–H groups in total. The van der Waals surface area contributed by atoms with E-state index in [0.717, 1.165) is 42.9 Å². The van der Waals surface area contributed by atoms with Gasteiger partial charge >= 0.3 is 0 Å². The van der Waals surface area contributed by atoms with Crippen molar-refractivity contribution in [3.05, 3.63) is 35.5 Å². The zero-order valence-corrected chi connectivity index (χ0v) is 21.9. The first kappa shape index (κ1) is 27.0. The second-order valence-electron chi connectivity index (χ2n) is 10.9. The van der Waals surface area contributed by atoms with E-state index in [1.165, 1.54) is 62.5 Å². The molecule has 0 saturated heterocycles. The number of hydrogen-bond donors (Lipinski definition) is 1. The molecule has 3 fully saturated rings. The van der Waals surface area contributed by atoms with Gasteiger partial charge in [0.2, 0.25) is 0 Å². The van der Waals surface area contributed by atoms with Crippen molar-refractivity contribution >= 4 is 23.2 Å². The van der Waals surface area contributed by atoms with Crippen LogP contribution < -0.4 is 0 Å². The topological polar surface area (TPSA) is 20.2 Å². The van der Waals surface area contributed by atoms with Crippen molar-refractivity contribution < 1.29 is 5.11 Å². The van der Waals surface area contributed by atoms with Crippen LogP contribution >= 0.6 is 23.2 Å². The summed E-state index contributed by atoms with van der Waals surface area (Å²) in [6.45, 7) is 14.1. The maximum Gasteiger partial charge on any atom is 0.0967 e. The largest absolute Gasteiger partial charge is 0.393 e. The zero-order valence-electron chi connectivity index (χ0n) is 20.4. The van der Waals surface area contributed by atoms with Crippen molar-refractivity contribution in [2.45, 2.75) is 104 Å². The van der Waals surface area contributed by atoms with Crippen LogP contribution in [0.1, 0.15) is 98.3 Å². The lowest BCUT2D eigenvalue weighted by Crippen LogP contribution is -2.36. The van der Waals surface area contributed by atoms with E-state index in [-0.39, 0.29) is 11.4 Å². The van der Waals surface area contributed by atoms with E-state index in [4.69, 9.17) is 23.2 Å². The minimum absolute atomic E-state index is 0.172. The van der Waals surface area contributed by atoms with E-state index in [9.17, 15) is 5.11 Å². The molecule has 0 heterocycles. The average Bonchev–Trinajstić information content (AvgIpc) is 3.06. The molecule has 178 valence electrons. The van der Waals surface area contributed by atoms with Crippen LogP contribution in [0.4, 0.5) is 0 Å². The molecule has 0 aromatic rings. The smallest absolute Gasteiger partial charge is 0.0967 e. The molecule has 31 heavy (non-hydrogen) atoms. The van der Waals surface area contributed by atoms with Crippen LogP contribution in [0.2, 0.25) is 0 Å². The summed E-state index contributed by atoms with van der Waals surface area (Å²) in [5.41, 5.74) is 4.72. The Bertz CT molecular complexity index is 635. The minimum Gasteiger partial charge on any atom is -0.393 e. The first-order valence-corrected chi connectivity index (χ1v) is 13.7. The summed E-state index contributed by atoms with van der Waals surface area (Å²) >= 11 is 9.53. The van der Waals surface area contributed by atoms with Crippen molar-refractivity contribution in [3.8, 4) is 0 Å². The van der Waals surface area contributed by atoms with Gasteiger partial charge in [-0.1, -0.05) is 76.8 Å². The Morgan fingerprint density at radius 2 is 1.81 bits per heavy atom. The Labute approximate surface area is 202 Å². The van der Waals surface area contributed by atoms with Crippen LogP contribution in [0.25, 0.3) is 0 Å². The van der Waals surface area contributed by atoms with Crippen molar-refractivity contribution in [2.24, 2.45) is 29.1 Å². The van der Waals surface area contributed by atoms with Crippen LogP contribution in [0.3, 0.4) is 0 Å². The van der Waals surface area contributed by atoms with Crippen LogP contribution in [0.15, 0.2) is 35.5 Å². The van der Waals surface area contributed by atoms with Gasteiger partial charge in [0.1, 0.15) is 0 Å². The fraction of sp³-hybridized carbons (Fsp3) is 0.786. The third-order valence-corrected chi connectivity index (χ3v) is 8.35. The maximum absolute atomic E-state index is 10.0. The van der Waals surface area contributed by atoms with Gasteiger partial charge in [-0.2, -0.15) is 0 Å². The lowest BCUT2D eigenvalue weighted by molar-refractivity contribution is 0.0929. The van der Waals surface area contributed by atoms with Gasteiger partial charge in [0.05, 0.1) is 11.4 Å². The Morgan fingerprint density at radius 3 is 2.48 bits per heavy atom. The number of aliphatic hydroxyl groups excluding tert-OH is 1. The first-order chi connectivity index (χ1) is 14.7. The number of aliphatic hydroxyl groups is 1. The molecule has 0 bridgehead atoms. The summed E-state index contributed by atoms with van der Waals surface area (Å²) in [5, 5.41) is 10.2. The predicted octanol–water partition coefficient (Wildman–Crippen LogP) is 9.04. The lowest BCUT2D eigenvalue weighted by atomic mass is 9.60. The SMILES string of the molecule is C=C1CC[C@H](O)C/C1=C/C=C1\CCC[C@]2(C)[C@@H]([C@H](C)CCCC(C)C)CC[C@@H]12.ClCCl. The summed E-state index contributed by atoms with van der Waals surface area (Å²) < 4.78 is 0. The minimum atomic E-state index is -0.172. The van der Waals surface area contributed by atoms with Crippen molar-refractivity contribution in [3.63, 3.8) is 0 Å². The van der Waals surface area contributed by atoms with Crippen molar-refractivity contribution in [1.82, 2.24) is 0 Å². The predicted molar refractivity (Wildman–Crippen MR) is 138 cm³/mol. The van der Waals surface area contributed by atoms with Crippen molar-refractivity contribution in [1.29, 1.82) is 0 Å². The Hall–Kier alpha value is -0.240. The summed E-state index contributed by atoms with van der Waals surface area (Å²) in [5.74, 6) is 3.37. The molecule has 3 aliphatic rings. The highest BCUT2D eigenvalue weighted by atomic mass is 35.5. The fourth-order valence-electron chi connectivity index (χ4n) is 6.66. The molecule has 3 saturated carbocycles. The summed E-state index contributed by atoms with van der Waals surface area (Å²) in [4.78, 5) is 0. The first-order valence-electron chi connectivity index (χ1n) is 12.6. The Morgan fingerprint density at radius 1 is 1.10 bits per heavy atom. The van der Waals surface area contributed by atoms with E-state index < -0.39 is 0 Å². The van der Waals surface area contributed by atoms with Crippen molar-refractivity contribution in [2.75, 3.05) is 5.34 Å². The van der Waals surface area contributed by atoms with E-state index >= 15 is 0 Å². The number of alkyl halides is 2. The number of allylic oxidation sites excluding steroid dienone is 4. The molecule has 0 spiro atoms. The Balaban J connectivity index is 0.00000107. The number of rotatable bonds is 6. The summed E-state index contributed by atoms with van der Waals surface area (Å²) in [6.07, 6.45) is 18.2. The quantitative estimate of drug-likeness (QED) is 0.385. The second-order valence-corrected chi connectivity index (χ2v) is 11.7. The maximum atomic E-state index is 10.0. The summed E-state index contributed by atoms with van der Waals surface area (Å²) in [7, 11) is 0. The van der Waals surface area contributed by atoms with Crippen LogP contribution in [0, 0.1) is 29.1 Å². The highest BCUT2D eigenvalue weighted by Gasteiger charge is 2.50. The number of halogens is 2. The third-order valence-electron chi connectivity index (χ3n) is 8.35. The average molecular weight is 470 g/mol. The van der Waals surface area contributed by atoms with Gasteiger partial charge in [-0.05, 0) is 86.0 Å². The molecule has 3 heteroatoms. The molecular weight excluding hydrogens is 423 g/mol. The molecular formula is C28H46Cl2O. The van der Waals surface area contributed by atoms with Gasteiger partial charge in [0, 0.05) is 0 Å². The Kier molecular flexibility index (Phi) is 11.2. The molecule has 3 aliphatic carbocycles. The molecule has 0 aromatic heterocycles. The van der Waals surface area contributed by atoms with Gasteiger partial charge in [0.15, 0.2) is 0 Å². The van der Waals surface area contributed by atoms with Gasteiger partial charge in [-0.15, -0.1) is 23.2 Å². The third kappa shape index (κ3) is 7.38. The zero-order chi connectivity index (χ0) is 23.0. The highest BCUT2D eigenvalue weighted by molar-refractivity contribution is 6.40. The molecule has 1 nitrogen and oxygen atoms in total. The number of hydrogen-bond acceptors (Lipinski definition) is 1. The van der Waals surface area contributed by atoms with E-state index in [0.29, 0.717) is 5.41 Å². The highest BCUT2D eigenvalue weighted by Crippen LogP contribution is 2.59. The normalized spacial score (nSPS) is 34.6. The van der Waals surface area contributed by atoms with Gasteiger partial charge < -0.3 is 5.11 Å². The van der Waals surface area contributed by atoms with E-state index in [1.807, 2.05) is 0 Å². The number of fused-ring (bicyclic) bond motifs is 1. The molecule has 3 rings (SSSR count). The van der Waals surface area contributed by atoms with Crippen LogP contribution in [0.5, 0.6) is 0 Å². The van der Waals surface area contributed by atoms with Gasteiger partial charge in [0.25, 0.3) is 0 Å². The lowest BCUT2D eigenvalue weighted by Gasteiger charge is -2.44. The monoisotopic (exact) mass is 468 g/mol. The molecule has 5 atom stereocenters. The molecule has 0 radical (unpaired) electrons. The second kappa shape index (κ2) is 12.9. The standard InChI is InChI=1S/C27H44O.CH2Cl2/c1-19(2)8-6-9-21(4)25-15-16-26-22(10-7-17-27(25,26)5)12-13-23-18-24(28)14-11-20(23)3;2-1-3/h12-13,19,21,24-26,28H,3,6-11,14-18H2,1-2,4-5H3;1H2/b22-12+,23-13-;/t21-,24+,25-,26+,27-;/m1./s1. The van der Waals surface area contributed by atoms with Gasteiger partial charge in [-0.25, -0.2) is 0 Å². The van der Waals surface area contributed by atoms with Crippen LogP contribution in [-0.4, -0.2) is 16.5 Å². The van der Waals surface area contributed by atoms with E-state index in [2.05, 4.69) is 46.4 Å². The fourth-order valence-corrected chi connectivity index (χ4v) is 6.66. The van der Waals surface area contributed by atoms with E-state index in [1.54, 1.807) is 5.57 Å². The molecule has 0 aliphatic heterocycles.